The lowest BCUT2D eigenvalue weighted by Crippen LogP contribution is -2.19. The van der Waals surface area contributed by atoms with E-state index >= 15 is 0 Å². The number of hydrogen-bond donors (Lipinski definition) is 1. The van der Waals surface area contributed by atoms with Gasteiger partial charge < -0.3 is 5.32 Å². The Hall–Kier alpha value is -2.11. The molecule has 1 aromatic carbocycles. The fourth-order valence-electron chi connectivity index (χ4n) is 1.96. The number of alkyl halides is 3. The van der Waals surface area contributed by atoms with Gasteiger partial charge >= 0.3 is 6.18 Å². The van der Waals surface area contributed by atoms with Crippen molar-refractivity contribution in [3.8, 4) is 0 Å². The Kier molecular flexibility index (Phi) is 4.45. The van der Waals surface area contributed by atoms with Gasteiger partial charge in [-0.25, -0.2) is 9.37 Å². The monoisotopic (exact) mass is 298 g/mol. The second-order valence-electron chi connectivity index (χ2n) is 4.80. The molecule has 21 heavy (non-hydrogen) atoms. The van der Waals surface area contributed by atoms with Crippen molar-refractivity contribution in [3.63, 3.8) is 0 Å². The molecule has 2 nitrogen and oxygen atoms in total. The Balaban J connectivity index is 2.02. The molecule has 1 atom stereocenters. The van der Waals surface area contributed by atoms with E-state index in [9.17, 15) is 17.6 Å². The number of anilines is 1. The number of aromatic nitrogens is 1. The van der Waals surface area contributed by atoms with Gasteiger partial charge in [0.15, 0.2) is 0 Å². The van der Waals surface area contributed by atoms with Crippen LogP contribution >= 0.6 is 0 Å². The minimum absolute atomic E-state index is 0.133. The van der Waals surface area contributed by atoms with Crippen LogP contribution in [0.15, 0.2) is 42.6 Å². The van der Waals surface area contributed by atoms with E-state index in [-0.39, 0.29) is 17.7 Å². The molecule has 0 aliphatic heterocycles. The highest BCUT2D eigenvalue weighted by Gasteiger charge is 2.30. The Morgan fingerprint density at radius 1 is 1.14 bits per heavy atom. The van der Waals surface area contributed by atoms with Crippen molar-refractivity contribution in [1.29, 1.82) is 0 Å². The van der Waals surface area contributed by atoms with E-state index in [1.165, 1.54) is 12.1 Å². The standard InChI is InChI=1S/C15H14F4N2/c1-10(8-11-2-4-13(16)5-3-11)21-14-9-12(6-7-20-14)15(17,18)19/h2-7,9-10H,8H2,1H3,(H,20,21). The van der Waals surface area contributed by atoms with Crippen LogP contribution in [0.3, 0.4) is 0 Å². The first-order valence-corrected chi connectivity index (χ1v) is 6.39. The topological polar surface area (TPSA) is 24.9 Å². The van der Waals surface area contributed by atoms with Crippen LogP contribution in [0.2, 0.25) is 0 Å². The van der Waals surface area contributed by atoms with Crippen LogP contribution in [0.5, 0.6) is 0 Å². The van der Waals surface area contributed by atoms with E-state index in [2.05, 4.69) is 10.3 Å². The zero-order valence-corrected chi connectivity index (χ0v) is 11.3. The molecule has 0 fully saturated rings. The molecule has 112 valence electrons. The Morgan fingerprint density at radius 3 is 2.43 bits per heavy atom. The molecule has 0 saturated heterocycles. The van der Waals surface area contributed by atoms with Gasteiger partial charge in [0.1, 0.15) is 11.6 Å². The minimum atomic E-state index is -4.39. The molecule has 1 aromatic heterocycles. The van der Waals surface area contributed by atoms with Gasteiger partial charge in [-0.05, 0) is 43.2 Å². The number of benzene rings is 1. The average molecular weight is 298 g/mol. The van der Waals surface area contributed by atoms with Crippen LogP contribution in [-0.4, -0.2) is 11.0 Å². The molecule has 1 heterocycles. The maximum atomic E-state index is 12.8. The molecule has 1 N–H and O–H groups in total. The van der Waals surface area contributed by atoms with Crippen molar-refractivity contribution in [2.75, 3.05) is 5.32 Å². The van der Waals surface area contributed by atoms with Crippen LogP contribution in [0.4, 0.5) is 23.4 Å². The zero-order valence-electron chi connectivity index (χ0n) is 11.3. The highest BCUT2D eigenvalue weighted by molar-refractivity contribution is 5.39. The summed E-state index contributed by atoms with van der Waals surface area (Å²) in [4.78, 5) is 3.88. The first-order valence-electron chi connectivity index (χ1n) is 6.39. The van der Waals surface area contributed by atoms with Gasteiger partial charge in [-0.1, -0.05) is 12.1 Å². The smallest absolute Gasteiger partial charge is 0.367 e. The first kappa shape index (κ1) is 15.3. The molecule has 0 radical (unpaired) electrons. The second kappa shape index (κ2) is 6.11. The molecule has 2 aromatic rings. The maximum Gasteiger partial charge on any atom is 0.416 e. The zero-order chi connectivity index (χ0) is 15.5. The molecule has 2 rings (SSSR count). The van der Waals surface area contributed by atoms with Crippen molar-refractivity contribution in [2.24, 2.45) is 0 Å². The first-order chi connectivity index (χ1) is 9.84. The summed E-state index contributed by atoms with van der Waals surface area (Å²) in [7, 11) is 0. The van der Waals surface area contributed by atoms with E-state index in [0.717, 1.165) is 23.9 Å². The molecule has 0 aliphatic rings. The van der Waals surface area contributed by atoms with Crippen LogP contribution in [0.1, 0.15) is 18.1 Å². The quantitative estimate of drug-likeness (QED) is 0.852. The van der Waals surface area contributed by atoms with Gasteiger partial charge in [0.2, 0.25) is 0 Å². The predicted molar refractivity (Wildman–Crippen MR) is 72.4 cm³/mol. The fraction of sp³-hybridized carbons (Fsp3) is 0.267. The van der Waals surface area contributed by atoms with E-state index in [1.54, 1.807) is 12.1 Å². The number of rotatable bonds is 4. The van der Waals surface area contributed by atoms with Gasteiger partial charge in [0.25, 0.3) is 0 Å². The van der Waals surface area contributed by atoms with Crippen LogP contribution in [-0.2, 0) is 12.6 Å². The van der Waals surface area contributed by atoms with Gasteiger partial charge in [0, 0.05) is 12.2 Å². The number of halogens is 4. The lowest BCUT2D eigenvalue weighted by molar-refractivity contribution is -0.137. The number of pyridine rings is 1. The van der Waals surface area contributed by atoms with Crippen molar-refractivity contribution in [3.05, 3.63) is 59.5 Å². The van der Waals surface area contributed by atoms with Crippen LogP contribution in [0, 0.1) is 5.82 Å². The Labute approximate surface area is 119 Å². The summed E-state index contributed by atoms with van der Waals surface area (Å²) in [5.41, 5.74) is 0.150. The van der Waals surface area contributed by atoms with Gasteiger partial charge in [0.05, 0.1) is 5.56 Å². The van der Waals surface area contributed by atoms with Crippen LogP contribution < -0.4 is 5.32 Å². The lowest BCUT2D eigenvalue weighted by Gasteiger charge is -2.16. The minimum Gasteiger partial charge on any atom is -0.367 e. The highest BCUT2D eigenvalue weighted by atomic mass is 19.4. The van der Waals surface area contributed by atoms with E-state index in [1.807, 2.05) is 6.92 Å². The van der Waals surface area contributed by atoms with Crippen molar-refractivity contribution >= 4 is 5.82 Å². The molecule has 1 unspecified atom stereocenters. The van der Waals surface area contributed by atoms with Gasteiger partial charge in [-0.15, -0.1) is 0 Å². The summed E-state index contributed by atoms with van der Waals surface area (Å²) >= 11 is 0. The highest BCUT2D eigenvalue weighted by Crippen LogP contribution is 2.30. The summed E-state index contributed by atoms with van der Waals surface area (Å²) in [6.45, 7) is 1.82. The average Bonchev–Trinajstić information content (AvgIpc) is 2.41. The van der Waals surface area contributed by atoms with E-state index in [0.29, 0.717) is 6.42 Å². The summed E-state index contributed by atoms with van der Waals surface area (Å²) in [5, 5.41) is 2.91. The molecule has 0 amide bonds. The summed E-state index contributed by atoms with van der Waals surface area (Å²) in [6, 6.07) is 7.76. The molecular weight excluding hydrogens is 284 g/mol. The lowest BCUT2D eigenvalue weighted by atomic mass is 10.1. The number of hydrogen-bond acceptors (Lipinski definition) is 2. The van der Waals surface area contributed by atoms with Gasteiger partial charge in [-0.2, -0.15) is 13.2 Å². The van der Waals surface area contributed by atoms with E-state index < -0.39 is 11.7 Å². The van der Waals surface area contributed by atoms with Crippen molar-refractivity contribution in [1.82, 2.24) is 4.98 Å². The van der Waals surface area contributed by atoms with Gasteiger partial charge in [-0.3, -0.25) is 0 Å². The SMILES string of the molecule is CC(Cc1ccc(F)cc1)Nc1cc(C(F)(F)F)ccn1. The third-order valence-electron chi connectivity index (χ3n) is 2.94. The molecule has 6 heteroatoms. The predicted octanol–water partition coefficient (Wildman–Crippen LogP) is 4.28. The normalized spacial score (nSPS) is 13.0. The molecule has 0 aliphatic carbocycles. The third kappa shape index (κ3) is 4.44. The summed E-state index contributed by atoms with van der Waals surface area (Å²) in [5.74, 6) is -0.154. The fourth-order valence-corrected chi connectivity index (χ4v) is 1.96. The number of nitrogens with zero attached hydrogens (tertiary/aromatic N) is 1. The largest absolute Gasteiger partial charge is 0.416 e. The van der Waals surface area contributed by atoms with Crippen LogP contribution in [0.25, 0.3) is 0 Å². The molecular formula is C15H14F4N2. The summed E-state index contributed by atoms with van der Waals surface area (Å²) in [6.07, 6.45) is -2.71. The Morgan fingerprint density at radius 2 is 1.81 bits per heavy atom. The van der Waals surface area contributed by atoms with Crippen molar-refractivity contribution < 1.29 is 17.6 Å². The third-order valence-corrected chi connectivity index (χ3v) is 2.94. The number of nitrogens with one attached hydrogen (secondary N) is 1. The molecule has 0 saturated carbocycles. The second-order valence-corrected chi connectivity index (χ2v) is 4.80. The van der Waals surface area contributed by atoms with E-state index in [4.69, 9.17) is 0 Å². The summed E-state index contributed by atoms with van der Waals surface area (Å²) < 4.78 is 50.6. The molecule has 0 spiro atoms. The maximum absolute atomic E-state index is 12.8. The van der Waals surface area contributed by atoms with Crippen molar-refractivity contribution in [2.45, 2.75) is 25.6 Å². The Bertz CT molecular complexity index is 593. The molecule has 0 bridgehead atoms.